The van der Waals surface area contributed by atoms with Crippen molar-refractivity contribution in [2.24, 2.45) is 0 Å². The topological polar surface area (TPSA) is 52.7 Å². The Balaban J connectivity index is 1.81. The minimum atomic E-state index is -0.673. The summed E-state index contributed by atoms with van der Waals surface area (Å²) in [5.41, 5.74) is 1.50. The number of halogens is 1. The van der Waals surface area contributed by atoms with E-state index in [1.807, 2.05) is 37.3 Å². The first-order valence-corrected chi connectivity index (χ1v) is 9.63. The van der Waals surface area contributed by atoms with Gasteiger partial charge in [0, 0.05) is 13.1 Å². The van der Waals surface area contributed by atoms with Gasteiger partial charge in [0.1, 0.15) is 11.9 Å². The van der Waals surface area contributed by atoms with Crippen LogP contribution < -0.4 is 10.2 Å². The van der Waals surface area contributed by atoms with Gasteiger partial charge in [0.25, 0.3) is 5.91 Å². The van der Waals surface area contributed by atoms with Crippen LogP contribution in [0.2, 0.25) is 0 Å². The second kappa shape index (κ2) is 8.93. The van der Waals surface area contributed by atoms with Crippen molar-refractivity contribution in [3.63, 3.8) is 0 Å². The summed E-state index contributed by atoms with van der Waals surface area (Å²) in [4.78, 5) is 28.5. The molecule has 28 heavy (non-hydrogen) atoms. The fraction of sp³-hybridized carbons (Fsp3) is 0.286. The van der Waals surface area contributed by atoms with Crippen molar-refractivity contribution in [3.8, 4) is 0 Å². The van der Waals surface area contributed by atoms with E-state index in [-0.39, 0.29) is 18.2 Å². The number of thiocarbonyl (C=S) groups is 1. The molecule has 0 aliphatic carbocycles. The first kappa shape index (κ1) is 19.9. The largest absolute Gasteiger partial charge is 0.363 e. The summed E-state index contributed by atoms with van der Waals surface area (Å²) in [6, 6.07) is 14.6. The van der Waals surface area contributed by atoms with E-state index in [0.717, 1.165) is 10.5 Å². The number of benzene rings is 2. The molecular formula is C21H22FN3O2S. The average Bonchev–Trinajstić information content (AvgIpc) is 2.98. The van der Waals surface area contributed by atoms with Gasteiger partial charge in [0.05, 0.1) is 12.1 Å². The molecule has 0 saturated carbocycles. The average molecular weight is 399 g/mol. The number of carbonyl (C=O) groups excluding carboxylic acids is 2. The predicted molar refractivity (Wildman–Crippen MR) is 110 cm³/mol. The minimum absolute atomic E-state index is 0.0382. The molecule has 0 unspecified atom stereocenters. The Bertz CT molecular complexity index is 858. The lowest BCUT2D eigenvalue weighted by Gasteiger charge is -2.30. The Morgan fingerprint density at radius 3 is 2.50 bits per heavy atom. The molecule has 1 aliphatic rings. The molecule has 7 heteroatoms. The third-order valence-corrected chi connectivity index (χ3v) is 5.04. The molecule has 1 N–H and O–H groups in total. The number of nitrogens with zero attached hydrogens (tertiary/aromatic N) is 2. The highest BCUT2D eigenvalue weighted by Gasteiger charge is 2.43. The highest BCUT2D eigenvalue weighted by atomic mass is 32.1. The molecule has 5 nitrogen and oxygen atoms in total. The molecule has 2 aromatic carbocycles. The van der Waals surface area contributed by atoms with E-state index < -0.39 is 11.9 Å². The normalized spacial score (nSPS) is 16.4. The fourth-order valence-electron chi connectivity index (χ4n) is 3.27. The van der Waals surface area contributed by atoms with Crippen LogP contribution in [0.1, 0.15) is 18.9 Å². The standard InChI is InChI=1S/C21H22FN3O2S/c1-2-23-21(28)24(13-12-15-6-4-3-5-7-15)18-14-19(26)25(20(18)27)17-10-8-16(22)9-11-17/h3-11,18H,2,12-14H2,1H3,(H,23,28)/t18-/m0/s1. The highest BCUT2D eigenvalue weighted by molar-refractivity contribution is 7.80. The summed E-state index contributed by atoms with van der Waals surface area (Å²) in [5.74, 6) is -1.08. The van der Waals surface area contributed by atoms with Gasteiger partial charge >= 0.3 is 0 Å². The van der Waals surface area contributed by atoms with E-state index in [0.29, 0.717) is 30.3 Å². The molecule has 0 bridgehead atoms. The molecule has 1 atom stereocenters. The van der Waals surface area contributed by atoms with Gasteiger partial charge in [0.15, 0.2) is 5.11 Å². The van der Waals surface area contributed by atoms with Crippen molar-refractivity contribution in [1.29, 1.82) is 0 Å². The summed E-state index contributed by atoms with van der Waals surface area (Å²) in [5, 5.41) is 3.53. The number of anilines is 1. The molecule has 146 valence electrons. The second-order valence-electron chi connectivity index (χ2n) is 6.53. The molecule has 1 heterocycles. The van der Waals surface area contributed by atoms with Gasteiger partial charge in [-0.15, -0.1) is 0 Å². The molecule has 1 fully saturated rings. The third kappa shape index (κ3) is 4.36. The molecule has 2 amide bonds. The Hall–Kier alpha value is -2.80. The van der Waals surface area contributed by atoms with Crippen LogP contribution in [0.3, 0.4) is 0 Å². The number of hydrogen-bond donors (Lipinski definition) is 1. The molecule has 0 spiro atoms. The number of rotatable bonds is 6. The zero-order valence-electron chi connectivity index (χ0n) is 15.6. The molecular weight excluding hydrogens is 377 g/mol. The maximum absolute atomic E-state index is 13.2. The molecule has 0 radical (unpaired) electrons. The van der Waals surface area contributed by atoms with Crippen LogP contribution in [-0.4, -0.2) is 41.0 Å². The monoisotopic (exact) mass is 399 g/mol. The minimum Gasteiger partial charge on any atom is -0.363 e. The predicted octanol–water partition coefficient (Wildman–Crippen LogP) is 2.90. The van der Waals surface area contributed by atoms with Gasteiger partial charge in [0.2, 0.25) is 5.91 Å². The van der Waals surface area contributed by atoms with E-state index in [1.54, 1.807) is 4.90 Å². The van der Waals surface area contributed by atoms with Crippen LogP contribution >= 0.6 is 12.2 Å². The molecule has 1 saturated heterocycles. The van der Waals surface area contributed by atoms with E-state index in [2.05, 4.69) is 5.32 Å². The Morgan fingerprint density at radius 1 is 1.18 bits per heavy atom. The number of hydrogen-bond acceptors (Lipinski definition) is 3. The van der Waals surface area contributed by atoms with Gasteiger partial charge in [-0.1, -0.05) is 30.3 Å². The summed E-state index contributed by atoms with van der Waals surface area (Å²) < 4.78 is 13.2. The first-order valence-electron chi connectivity index (χ1n) is 9.22. The Morgan fingerprint density at radius 2 is 1.86 bits per heavy atom. The third-order valence-electron chi connectivity index (χ3n) is 4.66. The quantitative estimate of drug-likeness (QED) is 0.598. The Labute approximate surface area is 169 Å². The van der Waals surface area contributed by atoms with Crippen LogP contribution in [0, 0.1) is 5.82 Å². The lowest BCUT2D eigenvalue weighted by atomic mass is 10.1. The second-order valence-corrected chi connectivity index (χ2v) is 6.91. The van der Waals surface area contributed by atoms with Gasteiger partial charge < -0.3 is 10.2 Å². The van der Waals surface area contributed by atoms with Crippen molar-refractivity contribution >= 4 is 34.8 Å². The summed E-state index contributed by atoms with van der Waals surface area (Å²) in [6.45, 7) is 3.06. The SMILES string of the molecule is CCNC(=S)N(CCc1ccccc1)[C@H]1CC(=O)N(c2ccc(F)cc2)C1=O. The summed E-state index contributed by atoms with van der Waals surface area (Å²) in [7, 11) is 0. The van der Waals surface area contributed by atoms with Crippen molar-refractivity contribution in [3.05, 3.63) is 66.0 Å². The van der Waals surface area contributed by atoms with Gasteiger partial charge in [-0.2, -0.15) is 0 Å². The van der Waals surface area contributed by atoms with E-state index in [1.165, 1.54) is 24.3 Å². The van der Waals surface area contributed by atoms with E-state index in [4.69, 9.17) is 12.2 Å². The maximum atomic E-state index is 13.2. The van der Waals surface area contributed by atoms with Crippen LogP contribution in [-0.2, 0) is 16.0 Å². The van der Waals surface area contributed by atoms with Gasteiger partial charge in [-0.25, -0.2) is 9.29 Å². The number of imide groups is 1. The smallest absolute Gasteiger partial charge is 0.257 e. The molecule has 3 rings (SSSR count). The number of nitrogens with one attached hydrogen (secondary N) is 1. The molecule has 1 aliphatic heterocycles. The van der Waals surface area contributed by atoms with Crippen molar-refractivity contribution < 1.29 is 14.0 Å². The fourth-order valence-corrected chi connectivity index (χ4v) is 3.63. The van der Waals surface area contributed by atoms with E-state index >= 15 is 0 Å². The zero-order valence-corrected chi connectivity index (χ0v) is 16.4. The zero-order chi connectivity index (χ0) is 20.1. The first-order chi connectivity index (χ1) is 13.5. The van der Waals surface area contributed by atoms with Crippen molar-refractivity contribution in [1.82, 2.24) is 10.2 Å². The maximum Gasteiger partial charge on any atom is 0.257 e. The summed E-state index contributed by atoms with van der Waals surface area (Å²) >= 11 is 5.47. The van der Waals surface area contributed by atoms with Crippen LogP contribution in [0.5, 0.6) is 0 Å². The number of carbonyl (C=O) groups is 2. The van der Waals surface area contributed by atoms with E-state index in [9.17, 15) is 14.0 Å². The van der Waals surface area contributed by atoms with Crippen LogP contribution in [0.4, 0.5) is 10.1 Å². The molecule has 0 aromatic heterocycles. The molecule has 2 aromatic rings. The summed E-state index contributed by atoms with van der Waals surface area (Å²) in [6.07, 6.45) is 0.734. The van der Waals surface area contributed by atoms with Crippen molar-refractivity contribution in [2.45, 2.75) is 25.8 Å². The number of amides is 2. The van der Waals surface area contributed by atoms with Gasteiger partial charge in [-0.3, -0.25) is 9.59 Å². The highest BCUT2D eigenvalue weighted by Crippen LogP contribution is 2.26. The van der Waals surface area contributed by atoms with Crippen molar-refractivity contribution in [2.75, 3.05) is 18.0 Å². The van der Waals surface area contributed by atoms with Crippen LogP contribution in [0.15, 0.2) is 54.6 Å². The Kier molecular flexibility index (Phi) is 6.36. The lowest BCUT2D eigenvalue weighted by molar-refractivity contribution is -0.122. The lowest BCUT2D eigenvalue weighted by Crippen LogP contribution is -2.50. The van der Waals surface area contributed by atoms with Gasteiger partial charge in [-0.05, 0) is 55.4 Å². The van der Waals surface area contributed by atoms with Crippen LogP contribution in [0.25, 0.3) is 0 Å².